The summed E-state index contributed by atoms with van der Waals surface area (Å²) < 4.78 is 18.3. The summed E-state index contributed by atoms with van der Waals surface area (Å²) in [5.41, 5.74) is 0.280. The van der Waals surface area contributed by atoms with Crippen molar-refractivity contribution in [2.75, 3.05) is 6.61 Å². The SMILES string of the molecule is Cc1cc(CCC(C)C)oc(=O)c1C(=O)NC(CO)c1ccc(F)cc1. The number of nitrogens with one attached hydrogen (secondary N) is 1. The van der Waals surface area contributed by atoms with Crippen LogP contribution >= 0.6 is 0 Å². The first-order valence-electron chi connectivity index (χ1n) is 8.62. The summed E-state index contributed by atoms with van der Waals surface area (Å²) in [6.45, 7) is 5.46. The van der Waals surface area contributed by atoms with Crippen molar-refractivity contribution in [3.8, 4) is 0 Å². The quantitative estimate of drug-likeness (QED) is 0.794. The van der Waals surface area contributed by atoms with E-state index in [1.165, 1.54) is 24.3 Å². The number of aliphatic hydroxyl groups excluding tert-OH is 1. The molecule has 1 amide bonds. The number of halogens is 1. The monoisotopic (exact) mass is 361 g/mol. The number of benzene rings is 1. The van der Waals surface area contributed by atoms with E-state index in [2.05, 4.69) is 19.2 Å². The van der Waals surface area contributed by atoms with Gasteiger partial charge in [0.05, 0.1) is 12.6 Å². The molecule has 2 rings (SSSR count). The van der Waals surface area contributed by atoms with Gasteiger partial charge in [-0.05, 0) is 48.6 Å². The molecule has 5 nitrogen and oxygen atoms in total. The Balaban J connectivity index is 2.20. The maximum Gasteiger partial charge on any atom is 0.349 e. The van der Waals surface area contributed by atoms with Crippen molar-refractivity contribution in [3.05, 3.63) is 69.0 Å². The minimum absolute atomic E-state index is 0.0844. The highest BCUT2D eigenvalue weighted by molar-refractivity contribution is 5.95. The molecule has 1 unspecified atom stereocenters. The van der Waals surface area contributed by atoms with E-state index in [0.717, 1.165) is 6.42 Å². The van der Waals surface area contributed by atoms with Crippen molar-refractivity contribution in [2.24, 2.45) is 5.92 Å². The van der Waals surface area contributed by atoms with Gasteiger partial charge in [0.1, 0.15) is 17.1 Å². The minimum atomic E-state index is -0.748. The fraction of sp³-hybridized carbons (Fsp3) is 0.400. The zero-order chi connectivity index (χ0) is 19.3. The topological polar surface area (TPSA) is 79.5 Å². The molecule has 0 radical (unpaired) electrons. The van der Waals surface area contributed by atoms with Gasteiger partial charge in [-0.2, -0.15) is 0 Å². The van der Waals surface area contributed by atoms with E-state index < -0.39 is 23.4 Å². The van der Waals surface area contributed by atoms with E-state index in [9.17, 15) is 19.1 Å². The molecule has 0 fully saturated rings. The predicted molar refractivity (Wildman–Crippen MR) is 96.6 cm³/mol. The third-order valence-electron chi connectivity index (χ3n) is 4.16. The van der Waals surface area contributed by atoms with E-state index in [4.69, 9.17) is 4.42 Å². The van der Waals surface area contributed by atoms with Gasteiger partial charge in [0, 0.05) is 6.42 Å². The lowest BCUT2D eigenvalue weighted by Crippen LogP contribution is -2.34. The summed E-state index contributed by atoms with van der Waals surface area (Å²) in [7, 11) is 0. The number of amides is 1. The third kappa shape index (κ3) is 5.02. The first-order valence-corrected chi connectivity index (χ1v) is 8.62. The lowest BCUT2D eigenvalue weighted by molar-refractivity contribution is 0.0911. The number of hydrogen-bond donors (Lipinski definition) is 2. The summed E-state index contributed by atoms with van der Waals surface area (Å²) in [4.78, 5) is 24.8. The Labute approximate surface area is 151 Å². The average molecular weight is 361 g/mol. The summed E-state index contributed by atoms with van der Waals surface area (Å²) in [5.74, 6) is -0.0140. The second-order valence-corrected chi connectivity index (χ2v) is 6.75. The van der Waals surface area contributed by atoms with Gasteiger partial charge in [0.25, 0.3) is 5.91 Å². The highest BCUT2D eigenvalue weighted by Gasteiger charge is 2.21. The van der Waals surface area contributed by atoms with Gasteiger partial charge in [-0.25, -0.2) is 9.18 Å². The van der Waals surface area contributed by atoms with E-state index in [1.54, 1.807) is 13.0 Å². The first kappa shape index (κ1) is 19.8. The number of carbonyl (C=O) groups is 1. The molecule has 1 atom stereocenters. The van der Waals surface area contributed by atoms with Gasteiger partial charge in [0.2, 0.25) is 0 Å². The fourth-order valence-electron chi connectivity index (χ4n) is 2.66. The summed E-state index contributed by atoms with van der Waals surface area (Å²) in [5, 5.41) is 12.1. The zero-order valence-electron chi connectivity index (χ0n) is 15.2. The van der Waals surface area contributed by atoms with E-state index in [-0.39, 0.29) is 12.2 Å². The molecule has 26 heavy (non-hydrogen) atoms. The fourth-order valence-corrected chi connectivity index (χ4v) is 2.66. The van der Waals surface area contributed by atoms with E-state index >= 15 is 0 Å². The van der Waals surface area contributed by atoms with Crippen LogP contribution < -0.4 is 10.9 Å². The summed E-state index contributed by atoms with van der Waals surface area (Å²) in [6, 6.07) is 6.38. The normalized spacial score (nSPS) is 12.2. The molecule has 0 spiro atoms. The van der Waals surface area contributed by atoms with Crippen molar-refractivity contribution < 1.29 is 18.7 Å². The molecule has 0 aliphatic carbocycles. The number of carbonyl (C=O) groups excluding carboxylic acids is 1. The lowest BCUT2D eigenvalue weighted by Gasteiger charge is -2.17. The van der Waals surface area contributed by atoms with Gasteiger partial charge in [-0.15, -0.1) is 0 Å². The van der Waals surface area contributed by atoms with Crippen LogP contribution in [0.5, 0.6) is 0 Å². The Morgan fingerprint density at radius 2 is 1.92 bits per heavy atom. The van der Waals surface area contributed by atoms with Crippen molar-refractivity contribution in [2.45, 2.75) is 39.7 Å². The molecular weight excluding hydrogens is 337 g/mol. The standard InChI is InChI=1S/C20H24FNO4/c1-12(2)4-9-16-10-13(3)18(20(25)26-16)19(24)22-17(11-23)14-5-7-15(21)8-6-14/h5-8,10,12,17,23H,4,9,11H2,1-3H3,(H,22,24). The van der Waals surface area contributed by atoms with E-state index in [0.29, 0.717) is 29.2 Å². The highest BCUT2D eigenvalue weighted by atomic mass is 19.1. The predicted octanol–water partition coefficient (Wildman–Crippen LogP) is 3.14. The highest BCUT2D eigenvalue weighted by Crippen LogP contribution is 2.16. The number of rotatable bonds is 7. The molecule has 0 aliphatic heterocycles. The minimum Gasteiger partial charge on any atom is -0.427 e. The zero-order valence-corrected chi connectivity index (χ0v) is 15.2. The number of aliphatic hydroxyl groups is 1. The van der Waals surface area contributed by atoms with Crippen LogP contribution in [0.15, 0.2) is 39.5 Å². The number of aryl methyl sites for hydroxylation is 2. The van der Waals surface area contributed by atoms with Crippen molar-refractivity contribution in [1.82, 2.24) is 5.32 Å². The molecule has 2 aromatic rings. The van der Waals surface area contributed by atoms with Crippen molar-refractivity contribution >= 4 is 5.91 Å². The second kappa shape index (κ2) is 8.76. The van der Waals surface area contributed by atoms with Gasteiger partial charge in [-0.3, -0.25) is 4.79 Å². The van der Waals surface area contributed by atoms with Gasteiger partial charge in [0.15, 0.2) is 0 Å². The Morgan fingerprint density at radius 1 is 1.27 bits per heavy atom. The van der Waals surface area contributed by atoms with Crippen LogP contribution in [-0.4, -0.2) is 17.6 Å². The van der Waals surface area contributed by atoms with Crippen LogP contribution in [-0.2, 0) is 6.42 Å². The van der Waals surface area contributed by atoms with Crippen LogP contribution in [0.3, 0.4) is 0 Å². The van der Waals surface area contributed by atoms with Crippen LogP contribution in [0.1, 0.15) is 53.6 Å². The lowest BCUT2D eigenvalue weighted by atomic mass is 10.0. The van der Waals surface area contributed by atoms with Gasteiger partial charge < -0.3 is 14.8 Å². The molecule has 0 aliphatic rings. The third-order valence-corrected chi connectivity index (χ3v) is 4.16. The molecule has 2 N–H and O–H groups in total. The molecule has 0 saturated heterocycles. The molecule has 1 aromatic heterocycles. The average Bonchev–Trinajstić information content (AvgIpc) is 2.58. The Bertz CT molecular complexity index is 812. The smallest absolute Gasteiger partial charge is 0.349 e. The molecule has 1 heterocycles. The molecule has 6 heteroatoms. The molecule has 140 valence electrons. The molecule has 0 bridgehead atoms. The van der Waals surface area contributed by atoms with Crippen LogP contribution in [0.4, 0.5) is 4.39 Å². The molecular formula is C20H24FNO4. The summed E-state index contributed by atoms with van der Waals surface area (Å²) >= 11 is 0. The second-order valence-electron chi connectivity index (χ2n) is 6.75. The maximum atomic E-state index is 13.0. The Kier molecular flexibility index (Phi) is 6.69. The number of hydrogen-bond acceptors (Lipinski definition) is 4. The maximum absolute atomic E-state index is 13.0. The molecule has 0 saturated carbocycles. The van der Waals surface area contributed by atoms with Crippen molar-refractivity contribution in [3.63, 3.8) is 0 Å². The van der Waals surface area contributed by atoms with Crippen LogP contribution in [0.25, 0.3) is 0 Å². The first-order chi connectivity index (χ1) is 12.3. The molecule has 1 aromatic carbocycles. The summed E-state index contributed by atoms with van der Waals surface area (Å²) in [6.07, 6.45) is 1.51. The van der Waals surface area contributed by atoms with Crippen LogP contribution in [0, 0.1) is 18.7 Å². The Morgan fingerprint density at radius 3 is 2.46 bits per heavy atom. The van der Waals surface area contributed by atoms with Crippen molar-refractivity contribution in [1.29, 1.82) is 0 Å². The van der Waals surface area contributed by atoms with Gasteiger partial charge in [-0.1, -0.05) is 26.0 Å². The Hall–Kier alpha value is -2.47. The van der Waals surface area contributed by atoms with Crippen LogP contribution in [0.2, 0.25) is 0 Å². The van der Waals surface area contributed by atoms with E-state index in [1.807, 2.05) is 0 Å². The van der Waals surface area contributed by atoms with Gasteiger partial charge >= 0.3 is 5.63 Å². The largest absolute Gasteiger partial charge is 0.427 e.